The van der Waals surface area contributed by atoms with Gasteiger partial charge in [-0.2, -0.15) is 5.10 Å². The minimum Gasteiger partial charge on any atom is -0.301 e. The number of amides is 1. The van der Waals surface area contributed by atoms with Gasteiger partial charge >= 0.3 is 0 Å². The number of anilines is 1. The van der Waals surface area contributed by atoms with Gasteiger partial charge in [0.1, 0.15) is 11.4 Å². The van der Waals surface area contributed by atoms with Crippen LogP contribution in [0.3, 0.4) is 0 Å². The molecule has 0 unspecified atom stereocenters. The van der Waals surface area contributed by atoms with E-state index < -0.39 is 0 Å². The summed E-state index contributed by atoms with van der Waals surface area (Å²) < 4.78 is 2.82. The average molecular weight is 433 g/mol. The summed E-state index contributed by atoms with van der Waals surface area (Å²) in [4.78, 5) is 25.6. The monoisotopic (exact) mass is 432 g/mol. The summed E-state index contributed by atoms with van der Waals surface area (Å²) in [5.74, 6) is 0.0920. The highest BCUT2D eigenvalue weighted by Gasteiger charge is 2.14. The smallest absolute Gasteiger partial charge is 0.236 e. The highest BCUT2D eigenvalue weighted by molar-refractivity contribution is 8.00. The second kappa shape index (κ2) is 7.85. The zero-order chi connectivity index (χ0) is 20.5. The van der Waals surface area contributed by atoms with E-state index in [9.17, 15) is 4.79 Å². The molecule has 0 radical (unpaired) electrons. The molecular formula is C21H16N6OS2. The number of rotatable bonds is 5. The highest BCUT2D eigenvalue weighted by atomic mass is 32.2. The van der Waals surface area contributed by atoms with Crippen molar-refractivity contribution in [3.8, 4) is 5.69 Å². The Morgan fingerprint density at radius 1 is 1.13 bits per heavy atom. The van der Waals surface area contributed by atoms with Crippen LogP contribution in [0.5, 0.6) is 0 Å². The zero-order valence-electron chi connectivity index (χ0n) is 15.9. The van der Waals surface area contributed by atoms with E-state index in [2.05, 4.69) is 25.4 Å². The molecule has 5 aromatic rings. The lowest BCUT2D eigenvalue weighted by Gasteiger charge is -2.05. The van der Waals surface area contributed by atoms with Crippen molar-refractivity contribution in [3.63, 3.8) is 0 Å². The third-order valence-corrected chi connectivity index (χ3v) is 6.45. The molecular weight excluding hydrogens is 416 g/mol. The van der Waals surface area contributed by atoms with Crippen molar-refractivity contribution < 1.29 is 4.79 Å². The van der Waals surface area contributed by atoms with Gasteiger partial charge in [0.2, 0.25) is 5.91 Å². The minimum atomic E-state index is -0.128. The van der Waals surface area contributed by atoms with Crippen molar-refractivity contribution in [1.82, 2.24) is 24.7 Å². The van der Waals surface area contributed by atoms with E-state index in [1.54, 1.807) is 10.9 Å². The van der Waals surface area contributed by atoms with Gasteiger partial charge in [0.05, 0.1) is 33.2 Å². The number of nitrogens with one attached hydrogen (secondary N) is 1. The van der Waals surface area contributed by atoms with Gasteiger partial charge in [-0.15, -0.1) is 0 Å². The van der Waals surface area contributed by atoms with Gasteiger partial charge < -0.3 is 5.32 Å². The first kappa shape index (κ1) is 18.7. The van der Waals surface area contributed by atoms with E-state index in [0.29, 0.717) is 10.8 Å². The van der Waals surface area contributed by atoms with Gasteiger partial charge in [-0.25, -0.2) is 19.6 Å². The molecule has 0 spiro atoms. The van der Waals surface area contributed by atoms with Crippen LogP contribution in [0.1, 0.15) is 5.56 Å². The molecule has 148 valence electrons. The molecule has 0 atom stereocenters. The van der Waals surface area contributed by atoms with Crippen LogP contribution < -0.4 is 5.32 Å². The number of nitrogens with zero attached hydrogens (tertiary/aromatic N) is 5. The molecule has 0 fully saturated rings. The summed E-state index contributed by atoms with van der Waals surface area (Å²) in [6, 6.07) is 15.9. The number of hydrogen-bond donors (Lipinski definition) is 1. The van der Waals surface area contributed by atoms with Crippen molar-refractivity contribution in [2.24, 2.45) is 0 Å². The predicted octanol–water partition coefficient (Wildman–Crippen LogP) is 4.46. The molecule has 3 heterocycles. The number of aryl methyl sites for hydroxylation is 1. The van der Waals surface area contributed by atoms with Crippen LogP contribution in [-0.2, 0) is 4.79 Å². The van der Waals surface area contributed by atoms with Crippen LogP contribution in [0.4, 0.5) is 5.13 Å². The highest BCUT2D eigenvalue weighted by Crippen LogP contribution is 2.28. The summed E-state index contributed by atoms with van der Waals surface area (Å²) >= 11 is 2.82. The first-order chi connectivity index (χ1) is 14.7. The lowest BCUT2D eigenvalue weighted by molar-refractivity contribution is -0.113. The van der Waals surface area contributed by atoms with E-state index in [1.165, 1.54) is 35.0 Å². The van der Waals surface area contributed by atoms with E-state index in [0.717, 1.165) is 26.3 Å². The topological polar surface area (TPSA) is 85.6 Å². The quantitative estimate of drug-likeness (QED) is 0.326. The zero-order valence-corrected chi connectivity index (χ0v) is 17.6. The van der Waals surface area contributed by atoms with E-state index in [1.807, 2.05) is 55.5 Å². The fourth-order valence-corrected chi connectivity index (χ4v) is 4.67. The maximum atomic E-state index is 12.4. The number of para-hydroxylation sites is 1. The standard InChI is InChI=1S/C21H16N6OS2/c1-13-6-8-14(9-7-13)27-19-15(10-24-27)20(23-12-22-19)29-11-18(28)26-21-25-16-4-2-3-5-17(16)30-21/h2-10,12H,11H2,1H3,(H,25,26,28). The molecule has 0 aliphatic carbocycles. The molecule has 1 N–H and O–H groups in total. The van der Waals surface area contributed by atoms with Crippen LogP contribution in [0, 0.1) is 6.92 Å². The molecule has 1 amide bonds. The number of hydrogen-bond acceptors (Lipinski definition) is 7. The number of carbonyl (C=O) groups is 1. The first-order valence-corrected chi connectivity index (χ1v) is 11.0. The summed E-state index contributed by atoms with van der Waals surface area (Å²) in [6.07, 6.45) is 3.24. The van der Waals surface area contributed by atoms with Gasteiger partial charge in [-0.3, -0.25) is 4.79 Å². The number of benzene rings is 2. The van der Waals surface area contributed by atoms with Crippen LogP contribution in [0.25, 0.3) is 26.9 Å². The van der Waals surface area contributed by atoms with Crippen molar-refractivity contribution in [1.29, 1.82) is 0 Å². The Bertz CT molecular complexity index is 1330. The fourth-order valence-electron chi connectivity index (χ4n) is 3.03. The number of thiazole rings is 1. The third kappa shape index (κ3) is 3.64. The molecule has 0 aliphatic heterocycles. The molecule has 5 rings (SSSR count). The normalized spacial score (nSPS) is 11.2. The van der Waals surface area contributed by atoms with Gasteiger partial charge in [0, 0.05) is 0 Å². The summed E-state index contributed by atoms with van der Waals surface area (Å²) in [6.45, 7) is 2.04. The molecule has 0 saturated carbocycles. The largest absolute Gasteiger partial charge is 0.301 e. The van der Waals surface area contributed by atoms with Crippen LogP contribution >= 0.6 is 23.1 Å². The molecule has 2 aromatic carbocycles. The van der Waals surface area contributed by atoms with Gasteiger partial charge in [-0.05, 0) is 31.2 Å². The van der Waals surface area contributed by atoms with Crippen LogP contribution in [-0.4, -0.2) is 36.4 Å². The Hall–Kier alpha value is -3.30. The average Bonchev–Trinajstić information content (AvgIpc) is 3.36. The van der Waals surface area contributed by atoms with Crippen LogP contribution in [0.15, 0.2) is 66.1 Å². The Morgan fingerprint density at radius 3 is 2.80 bits per heavy atom. The third-order valence-electron chi connectivity index (χ3n) is 4.49. The summed E-state index contributed by atoms with van der Waals surface area (Å²) in [7, 11) is 0. The maximum absolute atomic E-state index is 12.4. The van der Waals surface area contributed by atoms with Crippen molar-refractivity contribution in [3.05, 3.63) is 66.6 Å². The fraction of sp³-hybridized carbons (Fsp3) is 0.0952. The maximum Gasteiger partial charge on any atom is 0.236 e. The SMILES string of the molecule is Cc1ccc(-n2ncc3c(SCC(=O)Nc4nc5ccccc5s4)ncnc32)cc1. The first-order valence-electron chi connectivity index (χ1n) is 9.21. The molecule has 30 heavy (non-hydrogen) atoms. The molecule has 7 nitrogen and oxygen atoms in total. The molecule has 0 saturated heterocycles. The Morgan fingerprint density at radius 2 is 1.97 bits per heavy atom. The van der Waals surface area contributed by atoms with Crippen LogP contribution in [0.2, 0.25) is 0 Å². The van der Waals surface area contributed by atoms with Gasteiger partial charge in [0.25, 0.3) is 0 Å². The molecule has 9 heteroatoms. The second-order valence-electron chi connectivity index (χ2n) is 6.63. The molecule has 3 aromatic heterocycles. The lowest BCUT2D eigenvalue weighted by atomic mass is 10.2. The van der Waals surface area contributed by atoms with Crippen molar-refractivity contribution >= 4 is 55.4 Å². The van der Waals surface area contributed by atoms with Gasteiger partial charge in [-0.1, -0.05) is 52.9 Å². The van der Waals surface area contributed by atoms with E-state index in [4.69, 9.17) is 0 Å². The Kier molecular flexibility index (Phi) is 4.89. The summed E-state index contributed by atoms with van der Waals surface area (Å²) in [5, 5.41) is 9.47. The molecule has 0 aliphatic rings. The minimum absolute atomic E-state index is 0.128. The number of carbonyl (C=O) groups excluding carboxylic acids is 1. The van der Waals surface area contributed by atoms with E-state index in [-0.39, 0.29) is 11.7 Å². The number of fused-ring (bicyclic) bond motifs is 2. The van der Waals surface area contributed by atoms with Gasteiger partial charge in [0.15, 0.2) is 10.8 Å². The summed E-state index contributed by atoms with van der Waals surface area (Å²) in [5.41, 5.74) is 3.70. The lowest BCUT2D eigenvalue weighted by Crippen LogP contribution is -2.13. The van der Waals surface area contributed by atoms with Crippen molar-refractivity contribution in [2.45, 2.75) is 11.9 Å². The van der Waals surface area contributed by atoms with Crippen molar-refractivity contribution in [2.75, 3.05) is 11.1 Å². The molecule has 0 bridgehead atoms. The number of thioether (sulfide) groups is 1. The second-order valence-corrected chi connectivity index (χ2v) is 8.63. The Balaban J connectivity index is 1.32. The number of aromatic nitrogens is 5. The van der Waals surface area contributed by atoms with E-state index >= 15 is 0 Å². The Labute approximate surface area is 180 Å². The predicted molar refractivity (Wildman–Crippen MR) is 120 cm³/mol.